The molecule has 2 rings (SSSR count). The zero-order chi connectivity index (χ0) is 14.0. The highest BCUT2D eigenvalue weighted by molar-refractivity contribution is 5.68. The third-order valence-electron chi connectivity index (χ3n) is 3.76. The Bertz CT molecular complexity index is 315. The Morgan fingerprint density at radius 2 is 1.89 bits per heavy atom. The van der Waals surface area contributed by atoms with Crippen LogP contribution in [-0.2, 0) is 4.74 Å². The molecule has 1 amide bonds. The van der Waals surface area contributed by atoms with Gasteiger partial charge in [-0.1, -0.05) is 12.8 Å². The normalized spacial score (nSPS) is 28.4. The van der Waals surface area contributed by atoms with Gasteiger partial charge >= 0.3 is 6.09 Å². The van der Waals surface area contributed by atoms with Crippen molar-refractivity contribution in [2.75, 3.05) is 0 Å². The monoisotopic (exact) mass is 268 g/mol. The minimum Gasteiger partial charge on any atom is -0.444 e. The molecular formula is C15H28N2O2. The van der Waals surface area contributed by atoms with E-state index in [0.717, 1.165) is 18.8 Å². The molecule has 2 N–H and O–H groups in total. The maximum atomic E-state index is 11.6. The first-order chi connectivity index (χ1) is 8.82. The number of alkyl carbamates (subject to hydrolysis) is 1. The zero-order valence-corrected chi connectivity index (χ0v) is 12.7. The Hall–Kier alpha value is -0.770. The van der Waals surface area contributed by atoms with Gasteiger partial charge in [-0.2, -0.15) is 0 Å². The number of hydrogen-bond acceptors (Lipinski definition) is 3. The summed E-state index contributed by atoms with van der Waals surface area (Å²) in [6.45, 7) is 7.93. The molecule has 0 aliphatic heterocycles. The summed E-state index contributed by atoms with van der Waals surface area (Å²) in [5, 5.41) is 6.58. The third-order valence-corrected chi connectivity index (χ3v) is 3.76. The molecule has 4 heteroatoms. The molecule has 19 heavy (non-hydrogen) atoms. The van der Waals surface area contributed by atoms with Gasteiger partial charge in [0.2, 0.25) is 0 Å². The van der Waals surface area contributed by atoms with Gasteiger partial charge in [0.1, 0.15) is 5.60 Å². The fraction of sp³-hybridized carbons (Fsp3) is 0.933. The predicted molar refractivity (Wildman–Crippen MR) is 76.1 cm³/mol. The summed E-state index contributed by atoms with van der Waals surface area (Å²) in [7, 11) is 0. The zero-order valence-electron chi connectivity index (χ0n) is 12.7. The molecule has 110 valence electrons. The summed E-state index contributed by atoms with van der Waals surface area (Å²) in [6, 6.07) is 1.45. The van der Waals surface area contributed by atoms with Crippen molar-refractivity contribution in [3.8, 4) is 0 Å². The quantitative estimate of drug-likeness (QED) is 0.806. The van der Waals surface area contributed by atoms with Gasteiger partial charge in [-0.15, -0.1) is 0 Å². The maximum Gasteiger partial charge on any atom is 0.407 e. The minimum absolute atomic E-state index is 0.278. The molecule has 2 fully saturated rings. The number of nitrogens with one attached hydrogen (secondary N) is 2. The Balaban J connectivity index is 1.56. The van der Waals surface area contributed by atoms with E-state index in [9.17, 15) is 4.79 Å². The second kappa shape index (κ2) is 5.70. The Labute approximate surface area is 116 Å². The third kappa shape index (κ3) is 5.39. The maximum absolute atomic E-state index is 11.6. The van der Waals surface area contributed by atoms with Crippen molar-refractivity contribution in [3.63, 3.8) is 0 Å². The van der Waals surface area contributed by atoms with Crippen molar-refractivity contribution >= 4 is 6.09 Å². The number of hydrogen-bond donors (Lipinski definition) is 2. The van der Waals surface area contributed by atoms with Gasteiger partial charge in [0.15, 0.2) is 0 Å². The van der Waals surface area contributed by atoms with E-state index in [1.54, 1.807) is 0 Å². The van der Waals surface area contributed by atoms with Crippen LogP contribution in [0.1, 0.15) is 59.8 Å². The molecule has 2 aliphatic rings. The molecule has 0 saturated heterocycles. The minimum atomic E-state index is -0.412. The van der Waals surface area contributed by atoms with Gasteiger partial charge in [-0.05, 0) is 52.9 Å². The smallest absolute Gasteiger partial charge is 0.407 e. The predicted octanol–water partition coefficient (Wildman–Crippen LogP) is 2.82. The summed E-state index contributed by atoms with van der Waals surface area (Å²) in [5.41, 5.74) is -0.412. The second-order valence-electron chi connectivity index (χ2n) is 7.26. The first-order valence-electron chi connectivity index (χ1n) is 7.57. The van der Waals surface area contributed by atoms with Crippen LogP contribution in [0.4, 0.5) is 4.79 Å². The van der Waals surface area contributed by atoms with Crippen LogP contribution in [0.15, 0.2) is 0 Å². The van der Waals surface area contributed by atoms with Crippen LogP contribution >= 0.6 is 0 Å². The van der Waals surface area contributed by atoms with E-state index in [4.69, 9.17) is 4.74 Å². The Morgan fingerprint density at radius 1 is 1.26 bits per heavy atom. The Morgan fingerprint density at radius 3 is 2.42 bits per heavy atom. The lowest BCUT2D eigenvalue weighted by molar-refractivity contribution is 0.0463. The van der Waals surface area contributed by atoms with E-state index in [0.29, 0.717) is 12.1 Å². The van der Waals surface area contributed by atoms with Crippen molar-refractivity contribution in [2.45, 2.75) is 83.5 Å². The number of amides is 1. The molecular weight excluding hydrogens is 240 g/mol. The van der Waals surface area contributed by atoms with Crippen LogP contribution in [0.3, 0.4) is 0 Å². The van der Waals surface area contributed by atoms with E-state index < -0.39 is 5.60 Å². The van der Waals surface area contributed by atoms with Gasteiger partial charge in [0, 0.05) is 18.1 Å². The first-order valence-corrected chi connectivity index (χ1v) is 7.57. The molecule has 4 nitrogen and oxygen atoms in total. The summed E-state index contributed by atoms with van der Waals surface area (Å²) in [5.74, 6) is 0.971. The average molecular weight is 268 g/mol. The van der Waals surface area contributed by atoms with Gasteiger partial charge < -0.3 is 15.4 Å². The van der Waals surface area contributed by atoms with Crippen molar-refractivity contribution in [1.82, 2.24) is 10.6 Å². The molecule has 0 aromatic rings. The number of carbonyl (C=O) groups excluding carboxylic acids is 1. The van der Waals surface area contributed by atoms with E-state index in [1.807, 2.05) is 20.8 Å². The van der Waals surface area contributed by atoms with Crippen molar-refractivity contribution < 1.29 is 9.53 Å². The SMILES string of the molecule is CC(CC1CC1)NC1CC(NC(=O)OC(C)(C)C)C1. The van der Waals surface area contributed by atoms with E-state index in [1.165, 1.54) is 19.3 Å². The second-order valence-corrected chi connectivity index (χ2v) is 7.26. The fourth-order valence-corrected chi connectivity index (χ4v) is 2.67. The molecule has 0 aromatic heterocycles. The van der Waals surface area contributed by atoms with Gasteiger partial charge in [0.05, 0.1) is 0 Å². The first kappa shape index (κ1) is 14.6. The lowest BCUT2D eigenvalue weighted by Crippen LogP contribution is -2.54. The van der Waals surface area contributed by atoms with Gasteiger partial charge in [-0.3, -0.25) is 0 Å². The molecule has 0 heterocycles. The molecule has 1 atom stereocenters. The largest absolute Gasteiger partial charge is 0.444 e. The molecule has 0 bridgehead atoms. The lowest BCUT2D eigenvalue weighted by atomic mass is 9.86. The summed E-state index contributed by atoms with van der Waals surface area (Å²) in [6.07, 6.45) is 5.89. The van der Waals surface area contributed by atoms with Crippen molar-refractivity contribution in [1.29, 1.82) is 0 Å². The molecule has 0 aromatic carbocycles. The highest BCUT2D eigenvalue weighted by Crippen LogP contribution is 2.34. The molecule has 0 radical (unpaired) electrons. The van der Waals surface area contributed by atoms with Crippen LogP contribution < -0.4 is 10.6 Å². The van der Waals surface area contributed by atoms with Crippen LogP contribution in [-0.4, -0.2) is 29.8 Å². The summed E-state index contributed by atoms with van der Waals surface area (Å²) in [4.78, 5) is 11.6. The van der Waals surface area contributed by atoms with Gasteiger partial charge in [-0.25, -0.2) is 4.79 Å². The molecule has 2 aliphatic carbocycles. The fourth-order valence-electron chi connectivity index (χ4n) is 2.67. The van der Waals surface area contributed by atoms with Crippen molar-refractivity contribution in [2.24, 2.45) is 5.92 Å². The van der Waals surface area contributed by atoms with E-state index in [-0.39, 0.29) is 12.1 Å². The lowest BCUT2D eigenvalue weighted by Gasteiger charge is -2.38. The highest BCUT2D eigenvalue weighted by atomic mass is 16.6. The number of rotatable bonds is 5. The van der Waals surface area contributed by atoms with E-state index in [2.05, 4.69) is 17.6 Å². The van der Waals surface area contributed by atoms with Gasteiger partial charge in [0.25, 0.3) is 0 Å². The standard InChI is InChI=1S/C15H28N2O2/c1-10(7-11-5-6-11)16-12-8-13(9-12)17-14(18)19-15(2,3)4/h10-13,16H,5-9H2,1-4H3,(H,17,18). The molecule has 1 unspecified atom stereocenters. The van der Waals surface area contributed by atoms with Crippen LogP contribution in [0.2, 0.25) is 0 Å². The number of ether oxygens (including phenoxy) is 1. The van der Waals surface area contributed by atoms with E-state index >= 15 is 0 Å². The van der Waals surface area contributed by atoms with Crippen LogP contribution in [0.25, 0.3) is 0 Å². The van der Waals surface area contributed by atoms with Crippen LogP contribution in [0.5, 0.6) is 0 Å². The average Bonchev–Trinajstić information content (AvgIpc) is 2.94. The highest BCUT2D eigenvalue weighted by Gasteiger charge is 2.33. The molecule has 2 saturated carbocycles. The summed E-state index contributed by atoms with van der Waals surface area (Å²) >= 11 is 0. The molecule has 0 spiro atoms. The topological polar surface area (TPSA) is 50.4 Å². The van der Waals surface area contributed by atoms with Crippen molar-refractivity contribution in [3.05, 3.63) is 0 Å². The summed E-state index contributed by atoms with van der Waals surface area (Å²) < 4.78 is 5.25. The number of carbonyl (C=O) groups is 1. The Kier molecular flexibility index (Phi) is 4.39. The van der Waals surface area contributed by atoms with Crippen LogP contribution in [0, 0.1) is 5.92 Å².